The molecule has 6 heteroatoms. The van der Waals surface area contributed by atoms with Gasteiger partial charge in [0.25, 0.3) is 11.7 Å². The van der Waals surface area contributed by atoms with Gasteiger partial charge in [0.15, 0.2) is 0 Å². The lowest BCUT2D eigenvalue weighted by atomic mass is 10.1. The lowest BCUT2D eigenvalue weighted by molar-refractivity contribution is -0.114. The normalized spacial score (nSPS) is 13.8. The Kier molecular flexibility index (Phi) is 3.31. The van der Waals surface area contributed by atoms with E-state index >= 15 is 0 Å². The molecular weight excluding hydrogens is 344 g/mol. The summed E-state index contributed by atoms with van der Waals surface area (Å²) in [6, 6.07) is 10.3. The van der Waals surface area contributed by atoms with Crippen molar-refractivity contribution in [3.63, 3.8) is 0 Å². The number of amides is 1. The van der Waals surface area contributed by atoms with Crippen molar-refractivity contribution in [2.45, 2.75) is 6.54 Å². The van der Waals surface area contributed by atoms with Crippen LogP contribution >= 0.6 is 27.5 Å². The van der Waals surface area contributed by atoms with Gasteiger partial charge in [0.1, 0.15) is 5.15 Å². The summed E-state index contributed by atoms with van der Waals surface area (Å²) in [5.41, 5.74) is 1.64. The van der Waals surface area contributed by atoms with Crippen LogP contribution in [0.1, 0.15) is 16.1 Å². The zero-order chi connectivity index (χ0) is 14.3. The van der Waals surface area contributed by atoms with E-state index in [0.717, 1.165) is 4.47 Å². The molecule has 1 aromatic heterocycles. The van der Waals surface area contributed by atoms with Gasteiger partial charge in [-0.3, -0.25) is 14.5 Å². The molecule has 3 rings (SSSR count). The van der Waals surface area contributed by atoms with E-state index in [0.29, 0.717) is 22.1 Å². The van der Waals surface area contributed by atoms with E-state index in [4.69, 9.17) is 11.6 Å². The summed E-state index contributed by atoms with van der Waals surface area (Å²) in [7, 11) is 0. The van der Waals surface area contributed by atoms with E-state index in [-0.39, 0.29) is 6.54 Å². The van der Waals surface area contributed by atoms with E-state index in [9.17, 15) is 9.59 Å². The van der Waals surface area contributed by atoms with Crippen molar-refractivity contribution in [1.29, 1.82) is 0 Å². The summed E-state index contributed by atoms with van der Waals surface area (Å²) in [6.07, 6.45) is 0. The second kappa shape index (κ2) is 5.00. The number of hydrogen-bond donors (Lipinski definition) is 0. The van der Waals surface area contributed by atoms with E-state index in [2.05, 4.69) is 20.9 Å². The molecule has 0 radical (unpaired) electrons. The van der Waals surface area contributed by atoms with Gasteiger partial charge in [0, 0.05) is 4.47 Å². The molecule has 0 bridgehead atoms. The Balaban J connectivity index is 2.01. The predicted molar refractivity (Wildman–Crippen MR) is 78.9 cm³/mol. The fourth-order valence-electron chi connectivity index (χ4n) is 2.12. The fraction of sp³-hybridized carbons (Fsp3) is 0.0714. The van der Waals surface area contributed by atoms with E-state index in [1.807, 2.05) is 0 Å². The smallest absolute Gasteiger partial charge is 0.299 e. The number of benzene rings is 1. The maximum absolute atomic E-state index is 12.1. The van der Waals surface area contributed by atoms with Gasteiger partial charge in [-0.1, -0.05) is 33.6 Å². The molecule has 4 nitrogen and oxygen atoms in total. The molecule has 0 N–H and O–H groups in total. The first-order chi connectivity index (χ1) is 9.56. The molecule has 1 amide bonds. The maximum atomic E-state index is 12.1. The average Bonchev–Trinajstić information content (AvgIpc) is 2.64. The molecule has 1 aliphatic rings. The fourth-order valence-corrected chi connectivity index (χ4v) is 2.65. The summed E-state index contributed by atoms with van der Waals surface area (Å²) in [5, 5.41) is 0.356. The molecule has 2 aromatic rings. The van der Waals surface area contributed by atoms with Gasteiger partial charge in [0.05, 0.1) is 23.5 Å². The highest BCUT2D eigenvalue weighted by molar-refractivity contribution is 9.10. The molecule has 0 fully saturated rings. The number of Topliss-reactive ketones (excluding diaryl/α,β-unsaturated/α-hetero) is 1. The third kappa shape index (κ3) is 2.23. The Morgan fingerprint density at radius 1 is 1.20 bits per heavy atom. The Hall–Kier alpha value is -1.72. The van der Waals surface area contributed by atoms with Gasteiger partial charge >= 0.3 is 0 Å². The summed E-state index contributed by atoms with van der Waals surface area (Å²) in [4.78, 5) is 29.5. The number of halogens is 2. The Bertz CT molecular complexity index is 733. The van der Waals surface area contributed by atoms with Gasteiger partial charge < -0.3 is 0 Å². The number of pyridine rings is 1. The molecule has 0 saturated heterocycles. The summed E-state index contributed by atoms with van der Waals surface area (Å²) < 4.78 is 0.808. The molecule has 0 atom stereocenters. The summed E-state index contributed by atoms with van der Waals surface area (Å²) in [5.74, 6) is -1.03. The van der Waals surface area contributed by atoms with Gasteiger partial charge in [0.2, 0.25) is 0 Å². The van der Waals surface area contributed by atoms with Crippen LogP contribution in [0.5, 0.6) is 0 Å². The van der Waals surface area contributed by atoms with Gasteiger partial charge in [-0.05, 0) is 30.3 Å². The minimum atomic E-state index is -0.542. The van der Waals surface area contributed by atoms with Crippen LogP contribution < -0.4 is 4.90 Å². The summed E-state index contributed by atoms with van der Waals surface area (Å²) >= 11 is 9.18. The number of carbonyl (C=O) groups is 2. The maximum Gasteiger partial charge on any atom is 0.299 e. The van der Waals surface area contributed by atoms with Gasteiger partial charge in [-0.2, -0.15) is 0 Å². The van der Waals surface area contributed by atoms with Crippen molar-refractivity contribution in [2.24, 2.45) is 0 Å². The predicted octanol–water partition coefficient (Wildman–Crippen LogP) is 3.23. The first kappa shape index (κ1) is 13.3. The van der Waals surface area contributed by atoms with Crippen LogP contribution in [-0.4, -0.2) is 16.7 Å². The molecule has 0 unspecified atom stereocenters. The molecule has 2 heterocycles. The van der Waals surface area contributed by atoms with Crippen LogP contribution in [-0.2, 0) is 11.3 Å². The second-order valence-electron chi connectivity index (χ2n) is 4.33. The Morgan fingerprint density at radius 2 is 2.00 bits per heavy atom. The molecule has 1 aromatic carbocycles. The van der Waals surface area contributed by atoms with Crippen LogP contribution in [0, 0.1) is 0 Å². The van der Waals surface area contributed by atoms with Crippen molar-refractivity contribution >= 4 is 44.9 Å². The van der Waals surface area contributed by atoms with Crippen molar-refractivity contribution in [2.75, 3.05) is 4.90 Å². The number of nitrogens with zero attached hydrogens (tertiary/aromatic N) is 2. The van der Waals surface area contributed by atoms with Crippen molar-refractivity contribution in [3.8, 4) is 0 Å². The lowest BCUT2D eigenvalue weighted by Gasteiger charge is -2.16. The third-order valence-electron chi connectivity index (χ3n) is 3.03. The number of rotatable bonds is 2. The first-order valence-electron chi connectivity index (χ1n) is 5.83. The zero-order valence-corrected chi connectivity index (χ0v) is 12.5. The Morgan fingerprint density at radius 3 is 2.75 bits per heavy atom. The molecule has 0 aliphatic carbocycles. The standard InChI is InChI=1S/C14H8BrClN2O2/c15-8-4-5-10-11(6-8)18(14(20)13(10)19)7-9-2-1-3-12(16)17-9/h1-6H,7H2. The van der Waals surface area contributed by atoms with E-state index in [1.54, 1.807) is 36.4 Å². The van der Waals surface area contributed by atoms with Crippen LogP contribution in [0.4, 0.5) is 5.69 Å². The van der Waals surface area contributed by atoms with Crippen molar-refractivity contribution in [3.05, 3.63) is 57.3 Å². The highest BCUT2D eigenvalue weighted by atomic mass is 79.9. The Labute approximate surface area is 128 Å². The average molecular weight is 352 g/mol. The molecular formula is C14H8BrClN2O2. The lowest BCUT2D eigenvalue weighted by Crippen LogP contribution is -2.29. The highest BCUT2D eigenvalue weighted by Crippen LogP contribution is 2.32. The van der Waals surface area contributed by atoms with Gasteiger partial charge in [-0.25, -0.2) is 4.98 Å². The molecule has 0 spiro atoms. The monoisotopic (exact) mass is 350 g/mol. The number of aromatic nitrogens is 1. The van der Waals surface area contributed by atoms with Crippen molar-refractivity contribution < 1.29 is 9.59 Å². The minimum Gasteiger partial charge on any atom is -0.299 e. The topological polar surface area (TPSA) is 50.3 Å². The molecule has 100 valence electrons. The minimum absolute atomic E-state index is 0.217. The van der Waals surface area contributed by atoms with Crippen LogP contribution in [0.2, 0.25) is 5.15 Å². The number of ketones is 1. The van der Waals surface area contributed by atoms with Crippen LogP contribution in [0.3, 0.4) is 0 Å². The summed E-state index contributed by atoms with van der Waals surface area (Å²) in [6.45, 7) is 0.217. The zero-order valence-electron chi connectivity index (χ0n) is 10.1. The van der Waals surface area contributed by atoms with Crippen LogP contribution in [0.15, 0.2) is 40.9 Å². The third-order valence-corrected chi connectivity index (χ3v) is 3.73. The number of carbonyl (C=O) groups excluding carboxylic acids is 2. The van der Waals surface area contributed by atoms with E-state index in [1.165, 1.54) is 4.90 Å². The molecule has 1 aliphatic heterocycles. The number of hydrogen-bond acceptors (Lipinski definition) is 3. The number of anilines is 1. The van der Waals surface area contributed by atoms with Crippen molar-refractivity contribution in [1.82, 2.24) is 4.98 Å². The quantitative estimate of drug-likeness (QED) is 0.616. The van der Waals surface area contributed by atoms with E-state index < -0.39 is 11.7 Å². The second-order valence-corrected chi connectivity index (χ2v) is 5.64. The molecule has 20 heavy (non-hydrogen) atoms. The van der Waals surface area contributed by atoms with Gasteiger partial charge in [-0.15, -0.1) is 0 Å². The SMILES string of the molecule is O=C1C(=O)N(Cc2cccc(Cl)n2)c2cc(Br)ccc21. The molecule has 0 saturated carbocycles. The van der Waals surface area contributed by atoms with Crippen LogP contribution in [0.25, 0.3) is 0 Å². The number of fused-ring (bicyclic) bond motifs is 1. The largest absolute Gasteiger partial charge is 0.299 e. The highest BCUT2D eigenvalue weighted by Gasteiger charge is 2.35. The first-order valence-corrected chi connectivity index (χ1v) is 7.00.